The highest BCUT2D eigenvalue weighted by molar-refractivity contribution is 7.13. The smallest absolute Gasteiger partial charge is 0.263 e. The Labute approximate surface area is 159 Å². The maximum atomic E-state index is 12.9. The zero-order valence-electron chi connectivity index (χ0n) is 15.7. The molecule has 6 nitrogen and oxygen atoms in total. The number of piperidine rings is 2. The number of carbonyl (C=O) groups is 2. The van der Waals surface area contributed by atoms with Crippen LogP contribution in [-0.2, 0) is 4.79 Å². The minimum atomic E-state index is -0.423. The van der Waals surface area contributed by atoms with Crippen LogP contribution in [0.5, 0.6) is 0 Å². The second-order valence-corrected chi connectivity index (χ2v) is 8.86. The van der Waals surface area contributed by atoms with Gasteiger partial charge in [-0.1, -0.05) is 0 Å². The molecule has 0 aromatic carbocycles. The van der Waals surface area contributed by atoms with Crippen LogP contribution >= 0.6 is 11.3 Å². The molecule has 0 radical (unpaired) electrons. The Kier molecular flexibility index (Phi) is 5.99. The molecule has 1 spiro atoms. The summed E-state index contributed by atoms with van der Waals surface area (Å²) in [6.45, 7) is 7.59. The molecule has 3 heterocycles. The number of nitrogens with one attached hydrogen (secondary N) is 1. The lowest BCUT2D eigenvalue weighted by Crippen LogP contribution is -2.60. The monoisotopic (exact) mass is 379 g/mol. The average molecular weight is 380 g/mol. The molecule has 2 atom stereocenters. The second-order valence-electron chi connectivity index (χ2n) is 7.57. The van der Waals surface area contributed by atoms with Gasteiger partial charge in [-0.3, -0.25) is 14.5 Å². The predicted molar refractivity (Wildman–Crippen MR) is 102 cm³/mol. The highest BCUT2D eigenvalue weighted by Crippen LogP contribution is 2.39. The van der Waals surface area contributed by atoms with E-state index >= 15 is 0 Å². The number of aliphatic hydroxyl groups is 1. The third-order valence-corrected chi connectivity index (χ3v) is 6.54. The van der Waals surface area contributed by atoms with E-state index in [1.54, 1.807) is 0 Å². The first-order valence-electron chi connectivity index (χ1n) is 9.46. The topological polar surface area (TPSA) is 72.9 Å². The van der Waals surface area contributed by atoms with Crippen LogP contribution in [-0.4, -0.2) is 72.1 Å². The largest absolute Gasteiger partial charge is 0.392 e. The number of nitrogens with zero attached hydrogens (tertiary/aromatic N) is 2. The van der Waals surface area contributed by atoms with Crippen molar-refractivity contribution >= 4 is 23.2 Å². The van der Waals surface area contributed by atoms with E-state index in [0.717, 1.165) is 35.7 Å². The molecule has 0 bridgehead atoms. The Morgan fingerprint density at radius 1 is 1.35 bits per heavy atom. The zero-order valence-corrected chi connectivity index (χ0v) is 16.5. The van der Waals surface area contributed by atoms with E-state index in [0.29, 0.717) is 32.6 Å². The third-order valence-electron chi connectivity index (χ3n) is 5.55. The highest BCUT2D eigenvalue weighted by Gasteiger charge is 2.46. The summed E-state index contributed by atoms with van der Waals surface area (Å²) < 4.78 is 0. The summed E-state index contributed by atoms with van der Waals surface area (Å²) >= 11 is 1.52. The first-order chi connectivity index (χ1) is 12.4. The van der Waals surface area contributed by atoms with Crippen molar-refractivity contribution in [3.63, 3.8) is 0 Å². The van der Waals surface area contributed by atoms with Crippen molar-refractivity contribution < 1.29 is 14.7 Å². The van der Waals surface area contributed by atoms with E-state index in [9.17, 15) is 14.7 Å². The Morgan fingerprint density at radius 2 is 2.15 bits per heavy atom. The van der Waals surface area contributed by atoms with Gasteiger partial charge in [0.25, 0.3) is 5.91 Å². The molecule has 2 aliphatic heterocycles. The molecule has 0 saturated carbocycles. The standard InChI is InChI=1S/C19H29N3O3S/c1-3-20-17(24)11-21-10-7-16(23)19(12-21)8-4-9-22(13-19)18(25)15-6-5-14(2)26-15/h5-6,16,23H,3-4,7-13H2,1-2H3,(H,20,24)/t16-,19-/m1/s1. The quantitative estimate of drug-likeness (QED) is 0.831. The zero-order chi connectivity index (χ0) is 18.7. The fraction of sp³-hybridized carbons (Fsp3) is 0.684. The number of aliphatic hydroxyl groups excluding tert-OH is 1. The molecule has 2 amide bonds. The van der Waals surface area contributed by atoms with Crippen LogP contribution in [0.1, 0.15) is 40.7 Å². The second kappa shape index (κ2) is 8.06. The van der Waals surface area contributed by atoms with Crippen molar-refractivity contribution in [3.8, 4) is 0 Å². The molecule has 1 aromatic heterocycles. The Bertz CT molecular complexity index is 662. The molecule has 0 unspecified atom stereocenters. The summed E-state index contributed by atoms with van der Waals surface area (Å²) in [5, 5.41) is 13.6. The van der Waals surface area contributed by atoms with Crippen molar-refractivity contribution in [2.75, 3.05) is 39.3 Å². The van der Waals surface area contributed by atoms with Gasteiger partial charge in [0.2, 0.25) is 5.91 Å². The highest BCUT2D eigenvalue weighted by atomic mass is 32.1. The summed E-state index contributed by atoms with van der Waals surface area (Å²) in [6, 6.07) is 3.86. The normalized spacial score (nSPS) is 26.9. The summed E-state index contributed by atoms with van der Waals surface area (Å²) in [4.78, 5) is 30.7. The summed E-state index contributed by atoms with van der Waals surface area (Å²) in [5.41, 5.74) is -0.328. The number of hydrogen-bond acceptors (Lipinski definition) is 5. The molecular weight excluding hydrogens is 350 g/mol. The van der Waals surface area contributed by atoms with Gasteiger partial charge in [0, 0.05) is 43.0 Å². The maximum Gasteiger partial charge on any atom is 0.263 e. The van der Waals surface area contributed by atoms with Crippen LogP contribution in [0.4, 0.5) is 0 Å². The Balaban J connectivity index is 1.70. The van der Waals surface area contributed by atoms with Crippen LogP contribution in [0, 0.1) is 12.3 Å². The van der Waals surface area contributed by atoms with E-state index in [2.05, 4.69) is 10.2 Å². The van der Waals surface area contributed by atoms with E-state index in [4.69, 9.17) is 0 Å². The minimum Gasteiger partial charge on any atom is -0.392 e. The van der Waals surface area contributed by atoms with Crippen LogP contribution < -0.4 is 5.32 Å². The molecule has 2 aliphatic rings. The molecule has 144 valence electrons. The maximum absolute atomic E-state index is 12.9. The Morgan fingerprint density at radius 3 is 2.85 bits per heavy atom. The van der Waals surface area contributed by atoms with Gasteiger partial charge >= 0.3 is 0 Å². The molecule has 2 fully saturated rings. The van der Waals surface area contributed by atoms with Gasteiger partial charge in [0.15, 0.2) is 0 Å². The van der Waals surface area contributed by atoms with Crippen molar-refractivity contribution in [1.82, 2.24) is 15.1 Å². The number of likely N-dealkylation sites (N-methyl/N-ethyl adjacent to an activating group) is 1. The average Bonchev–Trinajstić information content (AvgIpc) is 3.04. The number of rotatable bonds is 4. The number of amides is 2. The number of carbonyl (C=O) groups excluding carboxylic acids is 2. The minimum absolute atomic E-state index is 0.0249. The molecule has 1 aromatic rings. The van der Waals surface area contributed by atoms with Gasteiger partial charge in [-0.05, 0) is 45.2 Å². The molecule has 7 heteroatoms. The number of aryl methyl sites for hydroxylation is 1. The van der Waals surface area contributed by atoms with Crippen molar-refractivity contribution in [3.05, 3.63) is 21.9 Å². The fourth-order valence-corrected chi connectivity index (χ4v) is 5.11. The Hall–Kier alpha value is -1.44. The molecule has 3 rings (SSSR count). The van der Waals surface area contributed by atoms with Crippen molar-refractivity contribution in [1.29, 1.82) is 0 Å². The van der Waals surface area contributed by atoms with Crippen LogP contribution in [0.3, 0.4) is 0 Å². The van der Waals surface area contributed by atoms with Gasteiger partial charge in [0.05, 0.1) is 17.5 Å². The lowest BCUT2D eigenvalue weighted by Gasteiger charge is -2.51. The first kappa shape index (κ1) is 19.3. The lowest BCUT2D eigenvalue weighted by molar-refractivity contribution is -0.126. The van der Waals surface area contributed by atoms with Gasteiger partial charge < -0.3 is 15.3 Å². The van der Waals surface area contributed by atoms with Gasteiger partial charge in [-0.15, -0.1) is 11.3 Å². The third kappa shape index (κ3) is 4.10. The summed E-state index contributed by atoms with van der Waals surface area (Å²) in [6.07, 6.45) is 2.02. The van der Waals surface area contributed by atoms with E-state index in [-0.39, 0.29) is 17.2 Å². The van der Waals surface area contributed by atoms with Gasteiger partial charge in [-0.2, -0.15) is 0 Å². The first-order valence-corrected chi connectivity index (χ1v) is 10.3. The molecular formula is C19H29N3O3S. The fourth-order valence-electron chi connectivity index (χ4n) is 4.27. The lowest BCUT2D eigenvalue weighted by atomic mass is 9.71. The van der Waals surface area contributed by atoms with Crippen molar-refractivity contribution in [2.45, 2.75) is 39.2 Å². The van der Waals surface area contributed by atoms with Gasteiger partial charge in [-0.25, -0.2) is 0 Å². The number of likely N-dealkylation sites (tertiary alicyclic amines) is 2. The molecule has 2 N–H and O–H groups in total. The molecule has 26 heavy (non-hydrogen) atoms. The van der Waals surface area contributed by atoms with E-state index < -0.39 is 6.10 Å². The van der Waals surface area contributed by atoms with E-state index in [1.165, 1.54) is 11.3 Å². The van der Waals surface area contributed by atoms with Crippen molar-refractivity contribution in [2.24, 2.45) is 5.41 Å². The van der Waals surface area contributed by atoms with Gasteiger partial charge in [0.1, 0.15) is 0 Å². The number of hydrogen-bond donors (Lipinski definition) is 2. The molecule has 0 aliphatic carbocycles. The van der Waals surface area contributed by atoms with Crippen LogP contribution in [0.25, 0.3) is 0 Å². The SMILES string of the molecule is CCNC(=O)CN1CC[C@@H](O)[C@]2(CCCN(C(=O)c3ccc(C)s3)C2)C1. The van der Waals surface area contributed by atoms with Crippen LogP contribution in [0.15, 0.2) is 12.1 Å². The number of thiophene rings is 1. The molecule has 2 saturated heterocycles. The predicted octanol–water partition coefficient (Wildman–Crippen LogP) is 1.48. The summed E-state index contributed by atoms with van der Waals surface area (Å²) in [5.74, 6) is 0.0899. The van der Waals surface area contributed by atoms with E-state index in [1.807, 2.05) is 30.9 Å². The summed E-state index contributed by atoms with van der Waals surface area (Å²) in [7, 11) is 0. The van der Waals surface area contributed by atoms with Crippen LogP contribution in [0.2, 0.25) is 0 Å².